The number of aliphatic hydroxyl groups excluding tert-OH is 1. The Balaban J connectivity index is 1.76. The molecule has 0 spiro atoms. The monoisotopic (exact) mass is 407 g/mol. The molecule has 1 fully saturated rings. The van der Waals surface area contributed by atoms with E-state index in [1.54, 1.807) is 6.07 Å². The number of benzene rings is 1. The van der Waals surface area contributed by atoms with Crippen molar-refractivity contribution in [3.05, 3.63) is 35.1 Å². The van der Waals surface area contributed by atoms with Gasteiger partial charge in [0, 0.05) is 31.1 Å². The highest BCUT2D eigenvalue weighted by atomic mass is 19.1. The van der Waals surface area contributed by atoms with Gasteiger partial charge in [-0.25, -0.2) is 9.93 Å². The second kappa shape index (κ2) is 9.51. The summed E-state index contributed by atoms with van der Waals surface area (Å²) in [5.41, 5.74) is 9.41. The number of hydrogen-bond donors (Lipinski definition) is 5. The van der Waals surface area contributed by atoms with E-state index in [9.17, 15) is 19.4 Å². The van der Waals surface area contributed by atoms with Crippen LogP contribution < -0.4 is 16.5 Å². The molecule has 0 saturated carbocycles. The van der Waals surface area contributed by atoms with Crippen molar-refractivity contribution in [2.45, 2.75) is 45.8 Å². The predicted molar refractivity (Wildman–Crippen MR) is 107 cm³/mol. The molecule has 9 heteroatoms. The molecule has 1 saturated heterocycles. The summed E-state index contributed by atoms with van der Waals surface area (Å²) in [6.07, 6.45) is 1.23. The van der Waals surface area contributed by atoms with Gasteiger partial charge in [-0.1, -0.05) is 26.0 Å². The minimum Gasteiger partial charge on any atom is -0.481 e. The summed E-state index contributed by atoms with van der Waals surface area (Å²) in [6, 6.07) is 5.09. The van der Waals surface area contributed by atoms with Crippen molar-refractivity contribution >= 4 is 11.8 Å². The lowest BCUT2D eigenvalue weighted by Gasteiger charge is -2.25. The van der Waals surface area contributed by atoms with Gasteiger partial charge in [0.15, 0.2) is 0 Å². The number of carbonyl (C=O) groups is 1. The number of nitrogens with one attached hydrogen (secondary N) is 3. The minimum absolute atomic E-state index is 0.205. The molecular formula is C20H30FN5O3. The second-order valence-electron chi connectivity index (χ2n) is 8.35. The van der Waals surface area contributed by atoms with E-state index in [1.165, 1.54) is 6.07 Å². The lowest BCUT2D eigenvalue weighted by molar-refractivity contribution is -0.143. The maximum atomic E-state index is 14.7. The van der Waals surface area contributed by atoms with Crippen molar-refractivity contribution in [2.75, 3.05) is 13.1 Å². The molecule has 29 heavy (non-hydrogen) atoms. The Labute approximate surface area is 170 Å². The Morgan fingerprint density at radius 3 is 2.76 bits per heavy atom. The van der Waals surface area contributed by atoms with Crippen LogP contribution in [-0.2, 0) is 17.8 Å². The van der Waals surface area contributed by atoms with E-state index in [4.69, 9.17) is 0 Å². The Kier molecular flexibility index (Phi) is 7.05. The van der Waals surface area contributed by atoms with Crippen molar-refractivity contribution in [2.24, 2.45) is 22.9 Å². The van der Waals surface area contributed by atoms with Crippen LogP contribution in [0.15, 0.2) is 23.3 Å². The first kappa shape index (κ1) is 21.5. The highest BCUT2D eigenvalue weighted by Crippen LogP contribution is 2.27. The molecule has 0 aromatic heterocycles. The Hall–Kier alpha value is -2.23. The summed E-state index contributed by atoms with van der Waals surface area (Å²) >= 11 is 0. The van der Waals surface area contributed by atoms with E-state index in [0.717, 1.165) is 12.1 Å². The summed E-state index contributed by atoms with van der Waals surface area (Å²) < 4.78 is 14.7. The van der Waals surface area contributed by atoms with Gasteiger partial charge in [-0.05, 0) is 36.8 Å². The molecule has 0 radical (unpaired) electrons. The summed E-state index contributed by atoms with van der Waals surface area (Å²) in [4.78, 5) is 14.0. The van der Waals surface area contributed by atoms with E-state index in [-0.39, 0.29) is 17.8 Å². The highest BCUT2D eigenvalue weighted by molar-refractivity contribution is 5.89. The van der Waals surface area contributed by atoms with Gasteiger partial charge in [0.25, 0.3) is 0 Å². The third-order valence-corrected chi connectivity index (χ3v) is 5.52. The van der Waals surface area contributed by atoms with Crippen LogP contribution in [0.3, 0.4) is 0 Å². The number of carboxylic acids is 1. The van der Waals surface area contributed by atoms with E-state index >= 15 is 0 Å². The van der Waals surface area contributed by atoms with Crippen molar-refractivity contribution in [3.63, 3.8) is 0 Å². The maximum absolute atomic E-state index is 14.7. The van der Waals surface area contributed by atoms with Gasteiger partial charge in [-0.15, -0.1) is 10.6 Å². The average Bonchev–Trinajstić information content (AvgIpc) is 3.32. The summed E-state index contributed by atoms with van der Waals surface area (Å²) in [7, 11) is 0. The summed E-state index contributed by atoms with van der Waals surface area (Å²) in [6.45, 7) is 5.74. The molecule has 1 aromatic carbocycles. The number of hydrazine groups is 2. The van der Waals surface area contributed by atoms with Crippen LogP contribution in [0.4, 0.5) is 4.39 Å². The quantitative estimate of drug-likeness (QED) is 0.419. The van der Waals surface area contributed by atoms with E-state index in [1.807, 2.05) is 24.8 Å². The smallest absolute Gasteiger partial charge is 0.307 e. The predicted octanol–water partition coefficient (Wildman–Crippen LogP) is 1.22. The first-order valence-electron chi connectivity index (χ1n) is 10.1. The number of aliphatic carboxylic acids is 1. The van der Waals surface area contributed by atoms with Gasteiger partial charge in [0.1, 0.15) is 11.7 Å². The van der Waals surface area contributed by atoms with Crippen LogP contribution in [0, 0.1) is 23.6 Å². The topological polar surface area (TPSA) is 109 Å². The lowest BCUT2D eigenvalue weighted by Crippen LogP contribution is -2.42. The Morgan fingerprint density at radius 2 is 2.21 bits per heavy atom. The Bertz CT molecular complexity index is 758. The van der Waals surface area contributed by atoms with Crippen molar-refractivity contribution in [1.82, 2.24) is 21.4 Å². The van der Waals surface area contributed by atoms with Crippen LogP contribution >= 0.6 is 0 Å². The fourth-order valence-corrected chi connectivity index (χ4v) is 4.05. The molecule has 5 N–H and O–H groups in total. The average molecular weight is 407 g/mol. The maximum Gasteiger partial charge on any atom is 0.307 e. The first-order valence-corrected chi connectivity index (χ1v) is 10.1. The number of aliphatic hydroxyl groups is 1. The highest BCUT2D eigenvalue weighted by Gasteiger charge is 2.34. The minimum atomic E-state index is -0.884. The number of nitrogens with zero attached hydrogens (tertiary/aromatic N) is 2. The zero-order chi connectivity index (χ0) is 21.0. The van der Waals surface area contributed by atoms with Gasteiger partial charge in [0.2, 0.25) is 0 Å². The van der Waals surface area contributed by atoms with E-state index in [0.29, 0.717) is 43.8 Å². The number of likely N-dealkylation sites (tertiary alicyclic amines) is 1. The van der Waals surface area contributed by atoms with Gasteiger partial charge >= 0.3 is 5.97 Å². The molecule has 2 heterocycles. The summed E-state index contributed by atoms with van der Waals surface area (Å²) in [5.74, 6) is -1.54. The molecule has 0 aliphatic carbocycles. The number of halogens is 1. The van der Waals surface area contributed by atoms with Crippen molar-refractivity contribution in [3.8, 4) is 0 Å². The molecule has 0 amide bonds. The number of amidine groups is 1. The van der Waals surface area contributed by atoms with Crippen LogP contribution in [0.2, 0.25) is 0 Å². The molecular weight excluding hydrogens is 377 g/mol. The van der Waals surface area contributed by atoms with Crippen LogP contribution in [-0.4, -0.2) is 46.1 Å². The van der Waals surface area contributed by atoms with Crippen LogP contribution in [0.25, 0.3) is 0 Å². The molecule has 2 aliphatic rings. The standard InChI is InChI=1S/C20H30FN5O3/c1-12(2)7-17(20(28)29)16(19-22-24-25-23-19)8-13-3-4-14(18(21)9-13)10-26-6-5-15(27)11-26/h3-4,9,12,15-17,24-25,27H,5-8,10-11H2,1-2H3,(H,22,23)(H,28,29). The molecule has 8 nitrogen and oxygen atoms in total. The molecule has 1 aromatic rings. The molecule has 160 valence electrons. The Morgan fingerprint density at radius 1 is 1.41 bits per heavy atom. The van der Waals surface area contributed by atoms with Crippen molar-refractivity contribution in [1.29, 1.82) is 0 Å². The van der Waals surface area contributed by atoms with E-state index < -0.39 is 17.8 Å². The molecule has 0 bridgehead atoms. The van der Waals surface area contributed by atoms with Gasteiger partial charge in [0.05, 0.1) is 12.0 Å². The first-order chi connectivity index (χ1) is 13.8. The fraction of sp³-hybridized carbons (Fsp3) is 0.600. The molecule has 3 atom stereocenters. The third-order valence-electron chi connectivity index (χ3n) is 5.52. The van der Waals surface area contributed by atoms with Crippen molar-refractivity contribution < 1.29 is 19.4 Å². The molecule has 3 rings (SSSR count). The largest absolute Gasteiger partial charge is 0.481 e. The van der Waals surface area contributed by atoms with Crippen LogP contribution in [0.5, 0.6) is 0 Å². The number of hydrazone groups is 1. The zero-order valence-corrected chi connectivity index (χ0v) is 16.9. The SMILES string of the molecule is CC(C)CC(C(=O)O)C(Cc1ccc(CN2CCC(O)C2)c(F)c1)C1=NNNN1. The van der Waals surface area contributed by atoms with E-state index in [2.05, 4.69) is 21.6 Å². The summed E-state index contributed by atoms with van der Waals surface area (Å²) in [5, 5.41) is 23.5. The fourth-order valence-electron chi connectivity index (χ4n) is 4.05. The number of β-amino-alcohol motifs (C(OH)–C–C–N with tert-alkyl or cyclic N) is 1. The molecule has 2 aliphatic heterocycles. The number of hydrogen-bond acceptors (Lipinski definition) is 7. The number of rotatable bonds is 9. The number of carboxylic acid groups (broad SMARTS) is 1. The lowest BCUT2D eigenvalue weighted by atomic mass is 9.81. The third kappa shape index (κ3) is 5.65. The normalized spacial score (nSPS) is 21.6. The van der Waals surface area contributed by atoms with Gasteiger partial charge < -0.3 is 10.2 Å². The van der Waals surface area contributed by atoms with Crippen LogP contribution in [0.1, 0.15) is 37.8 Å². The second-order valence-corrected chi connectivity index (χ2v) is 8.35. The van der Waals surface area contributed by atoms with Gasteiger partial charge in [-0.3, -0.25) is 15.1 Å². The zero-order valence-electron chi connectivity index (χ0n) is 16.9. The van der Waals surface area contributed by atoms with Gasteiger partial charge in [-0.2, -0.15) is 0 Å². The molecule has 3 unspecified atom stereocenters.